The van der Waals surface area contributed by atoms with Crippen LogP contribution in [0.3, 0.4) is 0 Å². The third kappa shape index (κ3) is 4.04. The molecule has 0 bridgehead atoms. The second kappa shape index (κ2) is 8.14. The lowest BCUT2D eigenvalue weighted by atomic mass is 10.2. The zero-order valence-corrected chi connectivity index (χ0v) is 17.9. The molecule has 4 heterocycles. The van der Waals surface area contributed by atoms with Crippen molar-refractivity contribution in [2.24, 2.45) is 0 Å². The van der Waals surface area contributed by atoms with E-state index in [2.05, 4.69) is 10.1 Å². The highest BCUT2D eigenvalue weighted by Crippen LogP contribution is 2.34. The molecule has 1 amide bonds. The largest absolute Gasteiger partial charge is 0.433 e. The van der Waals surface area contributed by atoms with Crippen molar-refractivity contribution in [2.75, 3.05) is 31.1 Å². The highest BCUT2D eigenvalue weighted by Gasteiger charge is 2.36. The van der Waals surface area contributed by atoms with Crippen LogP contribution >= 0.6 is 11.3 Å². The lowest BCUT2D eigenvalue weighted by Gasteiger charge is -2.36. The minimum atomic E-state index is -4.67. The number of aromatic nitrogens is 3. The summed E-state index contributed by atoms with van der Waals surface area (Å²) in [5.41, 5.74) is -0.110. The molecule has 5 rings (SSSR count). The van der Waals surface area contributed by atoms with Crippen LogP contribution in [-0.4, -0.2) is 51.6 Å². The number of alkyl halides is 3. The Kier molecular flexibility index (Phi) is 5.28. The van der Waals surface area contributed by atoms with Crippen LogP contribution in [0.15, 0.2) is 54.0 Å². The van der Waals surface area contributed by atoms with Crippen molar-refractivity contribution in [1.82, 2.24) is 19.5 Å². The van der Waals surface area contributed by atoms with Crippen LogP contribution in [-0.2, 0) is 6.18 Å². The van der Waals surface area contributed by atoms with Gasteiger partial charge in [0, 0.05) is 31.9 Å². The molecule has 0 spiro atoms. The predicted molar refractivity (Wildman–Crippen MR) is 116 cm³/mol. The van der Waals surface area contributed by atoms with Gasteiger partial charge < -0.3 is 9.80 Å². The van der Waals surface area contributed by atoms with E-state index >= 15 is 0 Å². The monoisotopic (exact) mass is 475 g/mol. The van der Waals surface area contributed by atoms with Gasteiger partial charge in [-0.15, -0.1) is 11.3 Å². The Morgan fingerprint density at radius 2 is 1.76 bits per heavy atom. The quantitative estimate of drug-likeness (QED) is 0.407. The van der Waals surface area contributed by atoms with Crippen molar-refractivity contribution >= 4 is 28.6 Å². The smallest absolute Gasteiger partial charge is 0.368 e. The van der Waals surface area contributed by atoms with Gasteiger partial charge in [0.1, 0.15) is 11.4 Å². The SMILES string of the molecule is O=C(c1cnn2c(C(F)(F)F)cc(-c3cccs3)nc12)N1CCN(c2ccc(F)cc2)CC1. The number of carbonyl (C=O) groups excluding carboxylic acids is 1. The first-order valence-electron chi connectivity index (χ1n) is 10.1. The van der Waals surface area contributed by atoms with Gasteiger partial charge in [-0.1, -0.05) is 6.07 Å². The van der Waals surface area contributed by atoms with Crippen molar-refractivity contribution in [2.45, 2.75) is 6.18 Å². The van der Waals surface area contributed by atoms with Crippen LogP contribution in [0.25, 0.3) is 16.2 Å². The van der Waals surface area contributed by atoms with E-state index in [4.69, 9.17) is 0 Å². The molecule has 0 radical (unpaired) electrons. The maximum Gasteiger partial charge on any atom is 0.433 e. The first-order chi connectivity index (χ1) is 15.8. The predicted octanol–water partition coefficient (Wildman–Crippen LogP) is 4.58. The Hall–Kier alpha value is -3.47. The molecule has 3 aromatic heterocycles. The molecule has 0 aliphatic carbocycles. The Labute approximate surface area is 189 Å². The van der Waals surface area contributed by atoms with Crippen LogP contribution in [0, 0.1) is 5.82 Å². The highest BCUT2D eigenvalue weighted by atomic mass is 32.1. The second-order valence-corrected chi connectivity index (χ2v) is 8.50. The van der Waals surface area contributed by atoms with Crippen molar-refractivity contribution in [1.29, 1.82) is 0 Å². The molecule has 4 aromatic rings. The van der Waals surface area contributed by atoms with Crippen LogP contribution in [0.2, 0.25) is 0 Å². The first kappa shape index (κ1) is 21.4. The number of carbonyl (C=O) groups is 1. The highest BCUT2D eigenvalue weighted by molar-refractivity contribution is 7.13. The molecule has 6 nitrogen and oxygen atoms in total. The number of thiophene rings is 1. The van der Waals surface area contributed by atoms with E-state index in [9.17, 15) is 22.4 Å². The van der Waals surface area contributed by atoms with E-state index in [0.717, 1.165) is 18.0 Å². The molecule has 0 N–H and O–H groups in total. The van der Waals surface area contributed by atoms with E-state index < -0.39 is 17.8 Å². The van der Waals surface area contributed by atoms with Crippen molar-refractivity contribution in [3.05, 3.63) is 71.1 Å². The molecule has 1 aromatic carbocycles. The summed E-state index contributed by atoms with van der Waals surface area (Å²) >= 11 is 1.26. The van der Waals surface area contributed by atoms with Crippen LogP contribution in [0.1, 0.15) is 16.1 Å². The molecule has 1 saturated heterocycles. The minimum absolute atomic E-state index is 0.0224. The summed E-state index contributed by atoms with van der Waals surface area (Å²) in [5, 5.41) is 5.59. The van der Waals surface area contributed by atoms with E-state index in [0.29, 0.717) is 35.6 Å². The van der Waals surface area contributed by atoms with Crippen molar-refractivity contribution < 1.29 is 22.4 Å². The number of amides is 1. The van der Waals surface area contributed by atoms with Crippen LogP contribution < -0.4 is 4.90 Å². The lowest BCUT2D eigenvalue weighted by Crippen LogP contribution is -2.48. The van der Waals surface area contributed by atoms with Gasteiger partial charge in [-0.25, -0.2) is 13.9 Å². The number of piperazine rings is 1. The maximum atomic E-state index is 13.7. The summed E-state index contributed by atoms with van der Waals surface area (Å²) in [6.07, 6.45) is -3.52. The number of anilines is 1. The fraction of sp³-hybridized carbons (Fsp3) is 0.227. The zero-order chi connectivity index (χ0) is 23.2. The Bertz CT molecular complexity index is 1290. The Morgan fingerprint density at radius 3 is 2.39 bits per heavy atom. The van der Waals surface area contributed by atoms with Crippen molar-refractivity contribution in [3.63, 3.8) is 0 Å². The number of hydrogen-bond acceptors (Lipinski definition) is 5. The van der Waals surface area contributed by atoms with Crippen LogP contribution in [0.5, 0.6) is 0 Å². The van der Waals surface area contributed by atoms with Gasteiger partial charge in [-0.2, -0.15) is 18.3 Å². The van der Waals surface area contributed by atoms with E-state index in [1.807, 2.05) is 4.90 Å². The number of rotatable bonds is 3. The van der Waals surface area contributed by atoms with Crippen molar-refractivity contribution in [3.8, 4) is 10.6 Å². The minimum Gasteiger partial charge on any atom is -0.368 e. The van der Waals surface area contributed by atoms with Gasteiger partial charge in [0.2, 0.25) is 0 Å². The molecule has 1 aliphatic heterocycles. The molecule has 1 aliphatic rings. The molecule has 1 fully saturated rings. The summed E-state index contributed by atoms with van der Waals surface area (Å²) in [6, 6.07) is 10.4. The van der Waals surface area contributed by atoms with Gasteiger partial charge in [-0.3, -0.25) is 4.79 Å². The zero-order valence-electron chi connectivity index (χ0n) is 17.1. The van der Waals surface area contributed by atoms with Gasteiger partial charge in [0.15, 0.2) is 11.3 Å². The lowest BCUT2D eigenvalue weighted by molar-refractivity contribution is -0.142. The summed E-state index contributed by atoms with van der Waals surface area (Å²) in [7, 11) is 0. The Morgan fingerprint density at radius 1 is 1.03 bits per heavy atom. The van der Waals surface area contributed by atoms with Gasteiger partial charge in [-0.05, 0) is 41.8 Å². The molecule has 11 heteroatoms. The van der Waals surface area contributed by atoms with E-state index in [1.165, 1.54) is 23.5 Å². The number of benzene rings is 1. The number of fused-ring (bicyclic) bond motifs is 1. The second-order valence-electron chi connectivity index (χ2n) is 7.55. The summed E-state index contributed by atoms with van der Waals surface area (Å²) in [6.45, 7) is 1.76. The maximum absolute atomic E-state index is 13.7. The third-order valence-corrected chi connectivity index (χ3v) is 6.42. The first-order valence-corrected chi connectivity index (χ1v) is 11.0. The van der Waals surface area contributed by atoms with Gasteiger partial charge >= 0.3 is 6.18 Å². The molecule has 0 atom stereocenters. The number of nitrogens with zero attached hydrogens (tertiary/aromatic N) is 5. The fourth-order valence-corrected chi connectivity index (χ4v) is 4.54. The molecular formula is C22H17F4N5OS. The fourth-order valence-electron chi connectivity index (χ4n) is 3.86. The van der Waals surface area contributed by atoms with E-state index in [-0.39, 0.29) is 22.7 Å². The van der Waals surface area contributed by atoms with Gasteiger partial charge in [0.05, 0.1) is 16.8 Å². The molecule has 170 valence electrons. The molecule has 33 heavy (non-hydrogen) atoms. The third-order valence-electron chi connectivity index (χ3n) is 5.52. The summed E-state index contributed by atoms with van der Waals surface area (Å²) in [4.78, 5) is 21.7. The van der Waals surface area contributed by atoms with E-state index in [1.54, 1.807) is 34.5 Å². The summed E-state index contributed by atoms with van der Waals surface area (Å²) in [5.74, 6) is -0.749. The standard InChI is InChI=1S/C22H17F4N5OS/c23-14-3-5-15(6-4-14)29-7-9-30(10-8-29)21(32)16-13-27-31-19(22(24,25)26)12-17(28-20(16)31)18-2-1-11-33-18/h1-6,11-13H,7-10H2. The topological polar surface area (TPSA) is 53.7 Å². The normalized spacial score (nSPS) is 14.8. The summed E-state index contributed by atoms with van der Waals surface area (Å²) < 4.78 is 55.0. The number of halogens is 4. The average molecular weight is 475 g/mol. The molecule has 0 saturated carbocycles. The Balaban J connectivity index is 1.44. The molecule has 0 unspecified atom stereocenters. The molecular weight excluding hydrogens is 458 g/mol. The number of hydrogen-bond donors (Lipinski definition) is 0. The average Bonchev–Trinajstić information content (AvgIpc) is 3.48. The van der Waals surface area contributed by atoms with Gasteiger partial charge in [0.25, 0.3) is 5.91 Å². The van der Waals surface area contributed by atoms with Crippen LogP contribution in [0.4, 0.5) is 23.2 Å².